The second-order valence-corrected chi connectivity index (χ2v) is 10.0. The zero-order valence-corrected chi connectivity index (χ0v) is 19.8. The van der Waals surface area contributed by atoms with Crippen LogP contribution in [0.3, 0.4) is 0 Å². The van der Waals surface area contributed by atoms with Gasteiger partial charge in [0, 0.05) is 44.7 Å². The van der Waals surface area contributed by atoms with Crippen molar-refractivity contribution in [3.8, 4) is 0 Å². The minimum absolute atomic E-state index is 0.0397. The summed E-state index contributed by atoms with van der Waals surface area (Å²) in [6.45, 7) is 5.77. The Labute approximate surface area is 198 Å². The molecule has 4 rings (SSSR count). The molecule has 1 unspecified atom stereocenters. The molecule has 2 aromatic rings. The molecule has 3 heterocycles. The predicted molar refractivity (Wildman–Crippen MR) is 128 cm³/mol. The third-order valence-electron chi connectivity index (χ3n) is 6.70. The first-order valence-electron chi connectivity index (χ1n) is 11.7. The Hall–Kier alpha value is -2.52. The lowest BCUT2D eigenvalue weighted by molar-refractivity contribution is -0.130. The van der Waals surface area contributed by atoms with Gasteiger partial charge in [-0.15, -0.1) is 11.3 Å². The highest BCUT2D eigenvalue weighted by molar-refractivity contribution is 7.13. The van der Waals surface area contributed by atoms with E-state index in [4.69, 9.17) is 0 Å². The van der Waals surface area contributed by atoms with Gasteiger partial charge in [0.05, 0.1) is 6.04 Å². The molecule has 2 aliphatic heterocycles. The number of hydrogen-bond acceptors (Lipinski definition) is 5. The number of thiazole rings is 1. The van der Waals surface area contributed by atoms with Crippen LogP contribution in [0.25, 0.3) is 0 Å². The third kappa shape index (κ3) is 6.74. The number of rotatable bonds is 6. The Kier molecular flexibility index (Phi) is 7.93. The van der Waals surface area contributed by atoms with Crippen molar-refractivity contribution in [1.82, 2.24) is 20.1 Å². The Morgan fingerprint density at radius 2 is 2.00 bits per heavy atom. The van der Waals surface area contributed by atoms with Gasteiger partial charge in [-0.2, -0.15) is 0 Å². The van der Waals surface area contributed by atoms with Crippen molar-refractivity contribution in [3.63, 3.8) is 0 Å². The van der Waals surface area contributed by atoms with E-state index in [0.717, 1.165) is 45.4 Å². The number of aromatic nitrogens is 1. The van der Waals surface area contributed by atoms with E-state index < -0.39 is 0 Å². The highest BCUT2D eigenvalue weighted by Crippen LogP contribution is 2.25. The highest BCUT2D eigenvalue weighted by Gasteiger charge is 2.34. The number of carbonyl (C=O) groups excluding carboxylic acids is 2. The molecule has 0 bridgehead atoms. The molecule has 9 heteroatoms. The summed E-state index contributed by atoms with van der Waals surface area (Å²) in [5.41, 5.74) is 1.18. The van der Waals surface area contributed by atoms with Crippen LogP contribution < -0.4 is 10.6 Å². The van der Waals surface area contributed by atoms with Crippen LogP contribution in [-0.4, -0.2) is 65.5 Å². The molecule has 1 aromatic carbocycles. The number of hydrogen-bond donors (Lipinski definition) is 2. The molecular formula is C24H32FN5O2S. The van der Waals surface area contributed by atoms with E-state index in [-0.39, 0.29) is 29.7 Å². The monoisotopic (exact) mass is 473 g/mol. The molecule has 0 radical (unpaired) electrons. The van der Waals surface area contributed by atoms with Crippen LogP contribution >= 0.6 is 11.3 Å². The van der Waals surface area contributed by atoms with E-state index in [1.165, 1.54) is 35.5 Å². The fourth-order valence-electron chi connectivity index (χ4n) is 5.02. The van der Waals surface area contributed by atoms with Gasteiger partial charge in [-0.1, -0.05) is 12.1 Å². The summed E-state index contributed by atoms with van der Waals surface area (Å²) in [5.74, 6) is 0.657. The molecule has 33 heavy (non-hydrogen) atoms. The molecule has 2 saturated heterocycles. The van der Waals surface area contributed by atoms with E-state index in [1.807, 2.05) is 22.4 Å². The number of benzene rings is 1. The van der Waals surface area contributed by atoms with Gasteiger partial charge in [0.25, 0.3) is 0 Å². The van der Waals surface area contributed by atoms with Crippen molar-refractivity contribution in [1.29, 1.82) is 0 Å². The second-order valence-electron chi connectivity index (χ2n) is 9.15. The lowest BCUT2D eigenvalue weighted by atomic mass is 9.87. The predicted octanol–water partition coefficient (Wildman–Crippen LogP) is 3.60. The van der Waals surface area contributed by atoms with Crippen LogP contribution in [0.15, 0.2) is 35.8 Å². The fraction of sp³-hybridized carbons (Fsp3) is 0.542. The molecular weight excluding hydrogens is 441 g/mol. The molecule has 2 N–H and O–H groups in total. The molecule has 3 atom stereocenters. The first-order valence-corrected chi connectivity index (χ1v) is 12.5. The molecule has 3 amide bonds. The van der Waals surface area contributed by atoms with Crippen LogP contribution in [0.2, 0.25) is 0 Å². The number of anilines is 1. The van der Waals surface area contributed by atoms with E-state index >= 15 is 0 Å². The summed E-state index contributed by atoms with van der Waals surface area (Å²) >= 11 is 1.37. The Morgan fingerprint density at radius 1 is 1.18 bits per heavy atom. The lowest BCUT2D eigenvalue weighted by Crippen LogP contribution is -2.57. The van der Waals surface area contributed by atoms with Gasteiger partial charge in [0.2, 0.25) is 5.91 Å². The molecule has 1 aromatic heterocycles. The highest BCUT2D eigenvalue weighted by atomic mass is 32.1. The average Bonchev–Trinajstić information content (AvgIpc) is 3.29. The minimum Gasteiger partial charge on any atom is -0.341 e. The average molecular weight is 474 g/mol. The van der Waals surface area contributed by atoms with Crippen molar-refractivity contribution in [3.05, 3.63) is 47.2 Å². The van der Waals surface area contributed by atoms with Crippen LogP contribution in [0.4, 0.5) is 14.3 Å². The fourth-order valence-corrected chi connectivity index (χ4v) is 5.55. The van der Waals surface area contributed by atoms with Crippen molar-refractivity contribution in [2.24, 2.45) is 11.8 Å². The van der Waals surface area contributed by atoms with E-state index in [0.29, 0.717) is 17.6 Å². The molecule has 2 fully saturated rings. The van der Waals surface area contributed by atoms with Crippen molar-refractivity contribution >= 4 is 28.4 Å². The van der Waals surface area contributed by atoms with Crippen LogP contribution in [0, 0.1) is 17.7 Å². The van der Waals surface area contributed by atoms with Crippen LogP contribution in [0.5, 0.6) is 0 Å². The number of halogens is 1. The third-order valence-corrected chi connectivity index (χ3v) is 7.39. The maximum atomic E-state index is 13.2. The summed E-state index contributed by atoms with van der Waals surface area (Å²) in [7, 11) is 0. The Balaban J connectivity index is 1.35. The van der Waals surface area contributed by atoms with Gasteiger partial charge in [0.1, 0.15) is 5.82 Å². The summed E-state index contributed by atoms with van der Waals surface area (Å²) in [6.07, 6.45) is 5.79. The van der Waals surface area contributed by atoms with E-state index in [2.05, 4.69) is 20.5 Å². The standard InChI is InChI=1S/C24H32FN5O2S/c1-17(31)30-11-8-20(22(16-30)27-23(32)28-24-26-9-12-33-24)15-29-10-2-3-19(14-29)13-18-4-6-21(25)7-5-18/h4-7,9,12,19-20,22H,2-3,8,10-11,13-16H2,1H3,(H2,26,27,28,32)/t19?,20-,22-/m0/s1. The summed E-state index contributed by atoms with van der Waals surface area (Å²) in [5, 5.41) is 8.26. The first kappa shape index (κ1) is 23.6. The summed E-state index contributed by atoms with van der Waals surface area (Å²) in [6, 6.07) is 6.44. The van der Waals surface area contributed by atoms with Crippen molar-refractivity contribution in [2.75, 3.05) is 38.0 Å². The number of amides is 3. The second kappa shape index (κ2) is 11.1. The SMILES string of the molecule is CC(=O)N1CC[C@@H](CN2CCCC(Cc3ccc(F)cc3)C2)[C@@H](NC(=O)Nc2nccs2)C1. The Morgan fingerprint density at radius 3 is 2.73 bits per heavy atom. The molecule has 7 nitrogen and oxygen atoms in total. The van der Waals surface area contributed by atoms with E-state index in [1.54, 1.807) is 13.1 Å². The van der Waals surface area contributed by atoms with Gasteiger partial charge in [-0.05, 0) is 61.8 Å². The van der Waals surface area contributed by atoms with Crippen LogP contribution in [-0.2, 0) is 11.2 Å². The zero-order chi connectivity index (χ0) is 23.2. The number of piperidine rings is 2. The topological polar surface area (TPSA) is 77.6 Å². The largest absolute Gasteiger partial charge is 0.341 e. The van der Waals surface area contributed by atoms with Gasteiger partial charge >= 0.3 is 6.03 Å². The maximum Gasteiger partial charge on any atom is 0.321 e. The number of urea groups is 1. The normalized spacial score (nSPS) is 23.8. The zero-order valence-electron chi connectivity index (χ0n) is 19.0. The van der Waals surface area contributed by atoms with Gasteiger partial charge in [0.15, 0.2) is 5.13 Å². The van der Waals surface area contributed by atoms with Gasteiger partial charge in [-0.25, -0.2) is 14.2 Å². The van der Waals surface area contributed by atoms with Crippen LogP contribution in [0.1, 0.15) is 31.7 Å². The number of carbonyl (C=O) groups is 2. The molecule has 2 aliphatic rings. The lowest BCUT2D eigenvalue weighted by Gasteiger charge is -2.42. The number of likely N-dealkylation sites (tertiary alicyclic amines) is 2. The summed E-state index contributed by atoms with van der Waals surface area (Å²) < 4.78 is 13.2. The number of nitrogens with zero attached hydrogens (tertiary/aromatic N) is 3. The quantitative estimate of drug-likeness (QED) is 0.672. The minimum atomic E-state index is -0.279. The first-order chi connectivity index (χ1) is 16.0. The van der Waals surface area contributed by atoms with Crippen molar-refractivity contribution in [2.45, 2.75) is 38.6 Å². The van der Waals surface area contributed by atoms with Crippen molar-refractivity contribution < 1.29 is 14.0 Å². The Bertz CT molecular complexity index is 923. The maximum absolute atomic E-state index is 13.2. The molecule has 0 spiro atoms. The smallest absolute Gasteiger partial charge is 0.321 e. The molecule has 0 saturated carbocycles. The van der Waals surface area contributed by atoms with Gasteiger partial charge in [-0.3, -0.25) is 10.1 Å². The van der Waals surface area contributed by atoms with Gasteiger partial charge < -0.3 is 15.1 Å². The number of nitrogens with one attached hydrogen (secondary N) is 2. The molecule has 0 aliphatic carbocycles. The summed E-state index contributed by atoms with van der Waals surface area (Å²) in [4.78, 5) is 33.0. The van der Waals surface area contributed by atoms with E-state index in [9.17, 15) is 14.0 Å². The molecule has 178 valence electrons.